The maximum absolute atomic E-state index is 15.7. The molecule has 2 aromatic rings. The van der Waals surface area contributed by atoms with E-state index in [0.717, 1.165) is 51.0 Å². The molecule has 1 saturated heterocycles. The van der Waals surface area contributed by atoms with Crippen LogP contribution in [0.5, 0.6) is 0 Å². The van der Waals surface area contributed by atoms with Crippen LogP contribution < -0.4 is 10.3 Å². The van der Waals surface area contributed by atoms with Crippen molar-refractivity contribution in [2.45, 2.75) is 57.9 Å². The highest BCUT2D eigenvalue weighted by molar-refractivity contribution is 5.95. The third-order valence-electron chi connectivity index (χ3n) is 6.07. The summed E-state index contributed by atoms with van der Waals surface area (Å²) >= 11 is 0. The number of ether oxygens (including phenoxy) is 1. The number of benzene rings is 1. The molecule has 2 aliphatic rings. The maximum atomic E-state index is 15.7. The summed E-state index contributed by atoms with van der Waals surface area (Å²) in [7, 11) is 0. The largest absolute Gasteiger partial charge is 0.462 e. The molecule has 0 bridgehead atoms. The topological polar surface area (TPSA) is 51.5 Å². The molecule has 1 aliphatic heterocycles. The third kappa shape index (κ3) is 3.51. The fourth-order valence-corrected chi connectivity index (χ4v) is 4.66. The Bertz CT molecular complexity index is 990. The van der Waals surface area contributed by atoms with Gasteiger partial charge in [0.15, 0.2) is 5.82 Å². The second-order valence-electron chi connectivity index (χ2n) is 7.90. The summed E-state index contributed by atoms with van der Waals surface area (Å²) in [5.74, 6) is -2.22. The summed E-state index contributed by atoms with van der Waals surface area (Å²) in [6.45, 7) is 2.96. The van der Waals surface area contributed by atoms with Crippen molar-refractivity contribution < 1.29 is 18.3 Å². The average Bonchev–Trinajstić information content (AvgIpc) is 3.24. The van der Waals surface area contributed by atoms with Crippen molar-refractivity contribution >= 4 is 22.6 Å². The molecule has 2 fully saturated rings. The number of hydrogen-bond donors (Lipinski definition) is 0. The minimum atomic E-state index is -0.759. The molecular weight excluding hydrogens is 378 g/mol. The number of pyridine rings is 1. The zero-order valence-electron chi connectivity index (χ0n) is 16.7. The molecule has 1 aromatic heterocycles. The molecular formula is C22H26F2N2O3. The van der Waals surface area contributed by atoms with Gasteiger partial charge in [-0.15, -0.1) is 0 Å². The van der Waals surface area contributed by atoms with Crippen molar-refractivity contribution in [1.29, 1.82) is 0 Å². The molecule has 156 valence electrons. The Hall–Kier alpha value is -2.44. The Kier molecular flexibility index (Phi) is 5.56. The van der Waals surface area contributed by atoms with Crippen molar-refractivity contribution in [2.75, 3.05) is 24.6 Å². The highest BCUT2D eigenvalue weighted by Crippen LogP contribution is 2.36. The van der Waals surface area contributed by atoms with E-state index in [1.807, 2.05) is 0 Å². The maximum Gasteiger partial charge on any atom is 0.343 e. The van der Waals surface area contributed by atoms with Crippen LogP contribution in [-0.4, -0.2) is 30.2 Å². The van der Waals surface area contributed by atoms with Crippen LogP contribution in [0.2, 0.25) is 0 Å². The van der Waals surface area contributed by atoms with Crippen LogP contribution in [0.25, 0.3) is 10.9 Å². The van der Waals surface area contributed by atoms with E-state index in [9.17, 15) is 14.0 Å². The van der Waals surface area contributed by atoms with E-state index in [1.54, 1.807) is 16.4 Å². The van der Waals surface area contributed by atoms with Gasteiger partial charge in [0.1, 0.15) is 17.1 Å². The number of anilines is 1. The van der Waals surface area contributed by atoms with Gasteiger partial charge < -0.3 is 14.2 Å². The van der Waals surface area contributed by atoms with Gasteiger partial charge in [0.25, 0.3) is 0 Å². The molecule has 0 radical (unpaired) electrons. The van der Waals surface area contributed by atoms with Crippen LogP contribution in [0.15, 0.2) is 17.1 Å². The van der Waals surface area contributed by atoms with Crippen molar-refractivity contribution in [3.05, 3.63) is 39.7 Å². The van der Waals surface area contributed by atoms with Crippen molar-refractivity contribution in [2.24, 2.45) is 0 Å². The number of aromatic nitrogens is 1. The number of halogens is 2. The zero-order valence-corrected chi connectivity index (χ0v) is 16.7. The molecule has 0 amide bonds. The molecule has 1 saturated carbocycles. The lowest BCUT2D eigenvalue weighted by atomic mass is 9.94. The first-order valence-corrected chi connectivity index (χ1v) is 10.5. The Morgan fingerprint density at radius 2 is 1.83 bits per heavy atom. The van der Waals surface area contributed by atoms with E-state index in [-0.39, 0.29) is 34.8 Å². The molecule has 0 atom stereocenters. The Labute approximate surface area is 168 Å². The lowest BCUT2D eigenvalue weighted by Gasteiger charge is -2.28. The summed E-state index contributed by atoms with van der Waals surface area (Å²) in [5, 5.41) is -0.0981. The molecule has 5 nitrogen and oxygen atoms in total. The highest BCUT2D eigenvalue weighted by atomic mass is 19.1. The number of fused-ring (bicyclic) bond motifs is 1. The van der Waals surface area contributed by atoms with E-state index < -0.39 is 23.0 Å². The van der Waals surface area contributed by atoms with E-state index in [4.69, 9.17) is 4.74 Å². The molecule has 0 unspecified atom stereocenters. The van der Waals surface area contributed by atoms with E-state index in [2.05, 4.69) is 0 Å². The smallest absolute Gasteiger partial charge is 0.343 e. The normalized spacial score (nSPS) is 17.8. The predicted octanol–water partition coefficient (Wildman–Crippen LogP) is 4.56. The number of carbonyl (C=O) groups is 1. The second kappa shape index (κ2) is 8.13. The van der Waals surface area contributed by atoms with Crippen LogP contribution in [-0.2, 0) is 4.74 Å². The first-order valence-electron chi connectivity index (χ1n) is 10.5. The molecule has 0 N–H and O–H groups in total. The Morgan fingerprint density at radius 1 is 1.14 bits per heavy atom. The summed E-state index contributed by atoms with van der Waals surface area (Å²) in [4.78, 5) is 27.0. The van der Waals surface area contributed by atoms with Crippen molar-refractivity contribution in [3.63, 3.8) is 0 Å². The Balaban J connectivity index is 1.99. The fourth-order valence-electron chi connectivity index (χ4n) is 4.66. The van der Waals surface area contributed by atoms with E-state index >= 15 is 4.39 Å². The van der Waals surface area contributed by atoms with Gasteiger partial charge in [0.2, 0.25) is 5.43 Å². The summed E-state index contributed by atoms with van der Waals surface area (Å²) in [6.07, 6.45) is 7.95. The Morgan fingerprint density at radius 3 is 2.48 bits per heavy atom. The zero-order chi connectivity index (χ0) is 20.5. The number of hydrogen-bond acceptors (Lipinski definition) is 4. The molecule has 1 aliphatic carbocycles. The second-order valence-corrected chi connectivity index (χ2v) is 7.90. The average molecular weight is 404 g/mol. The molecule has 29 heavy (non-hydrogen) atoms. The molecule has 1 aromatic carbocycles. The quantitative estimate of drug-likeness (QED) is 0.701. The SMILES string of the molecule is CCOC(=O)c1cn(C2CCCCC2)c2c(F)c(N3CCCC3)c(F)cc2c1=O. The summed E-state index contributed by atoms with van der Waals surface area (Å²) in [6, 6.07) is 1.06. The standard InChI is InChI=1S/C22H26F2N2O3/c1-2-29-22(28)16-13-26(14-8-4-3-5-9-14)19-15(21(16)27)12-17(23)20(18(19)24)25-10-6-7-11-25/h12-14H,2-11H2,1H3. The van der Waals surface area contributed by atoms with Crippen molar-refractivity contribution in [1.82, 2.24) is 4.57 Å². The first kappa shape index (κ1) is 19.9. The number of esters is 1. The van der Waals surface area contributed by atoms with Crippen LogP contribution in [0.3, 0.4) is 0 Å². The van der Waals surface area contributed by atoms with Gasteiger partial charge >= 0.3 is 5.97 Å². The molecule has 4 rings (SSSR count). The van der Waals surface area contributed by atoms with Crippen LogP contribution in [0.1, 0.15) is 68.3 Å². The number of nitrogens with zero attached hydrogens (tertiary/aromatic N) is 2. The molecule has 7 heteroatoms. The summed E-state index contributed by atoms with van der Waals surface area (Å²) in [5.41, 5.74) is -0.824. The van der Waals surface area contributed by atoms with Crippen molar-refractivity contribution in [3.8, 4) is 0 Å². The van der Waals surface area contributed by atoms with Gasteiger partial charge in [-0.05, 0) is 38.7 Å². The minimum absolute atomic E-state index is 0.0357. The van der Waals surface area contributed by atoms with Crippen LogP contribution in [0, 0.1) is 11.6 Å². The predicted molar refractivity (Wildman–Crippen MR) is 108 cm³/mol. The fraction of sp³-hybridized carbons (Fsp3) is 0.545. The minimum Gasteiger partial charge on any atom is -0.462 e. The van der Waals surface area contributed by atoms with Gasteiger partial charge in [-0.2, -0.15) is 0 Å². The van der Waals surface area contributed by atoms with Gasteiger partial charge in [-0.25, -0.2) is 13.6 Å². The molecule has 0 spiro atoms. The van der Waals surface area contributed by atoms with Gasteiger partial charge in [0.05, 0.1) is 17.5 Å². The van der Waals surface area contributed by atoms with Gasteiger partial charge in [-0.3, -0.25) is 4.79 Å². The van der Waals surface area contributed by atoms with E-state index in [1.165, 1.54) is 6.20 Å². The van der Waals surface area contributed by atoms with Gasteiger partial charge in [-0.1, -0.05) is 19.3 Å². The number of carbonyl (C=O) groups excluding carboxylic acids is 1. The lowest BCUT2D eigenvalue weighted by molar-refractivity contribution is 0.0524. The monoisotopic (exact) mass is 404 g/mol. The van der Waals surface area contributed by atoms with Gasteiger partial charge in [0, 0.05) is 25.3 Å². The molecule has 2 heterocycles. The highest BCUT2D eigenvalue weighted by Gasteiger charge is 2.29. The number of rotatable bonds is 4. The van der Waals surface area contributed by atoms with Crippen LogP contribution >= 0.6 is 0 Å². The third-order valence-corrected chi connectivity index (χ3v) is 6.07. The summed E-state index contributed by atoms with van der Waals surface area (Å²) < 4.78 is 37.3. The lowest BCUT2D eigenvalue weighted by Crippen LogP contribution is -2.26. The van der Waals surface area contributed by atoms with E-state index in [0.29, 0.717) is 13.1 Å². The van der Waals surface area contributed by atoms with Crippen LogP contribution in [0.4, 0.5) is 14.5 Å². The first-order chi connectivity index (χ1) is 14.0.